The SMILES string of the molecule is Cc1ccccc1-n1c(C)cc(C2C(c3ccccn3)NC(=S)N2c2ccc(Sc3ccc([N+](=O)[O-])cc3)cc2)c1C. The zero-order valence-corrected chi connectivity index (χ0v) is 25.0. The molecule has 0 saturated carbocycles. The third-order valence-electron chi connectivity index (χ3n) is 7.64. The van der Waals surface area contributed by atoms with Crippen LogP contribution in [0.1, 0.15) is 40.3 Å². The van der Waals surface area contributed by atoms with Gasteiger partial charge in [0, 0.05) is 50.9 Å². The fourth-order valence-corrected chi connectivity index (χ4v) is 6.83. The molecule has 9 heteroatoms. The molecule has 1 fully saturated rings. The Morgan fingerprint density at radius 3 is 2.21 bits per heavy atom. The number of benzene rings is 3. The summed E-state index contributed by atoms with van der Waals surface area (Å²) in [6.07, 6.45) is 1.82. The van der Waals surface area contributed by atoms with Crippen molar-refractivity contribution in [1.29, 1.82) is 0 Å². The lowest BCUT2D eigenvalue weighted by Crippen LogP contribution is -2.29. The Hall–Kier alpha value is -4.47. The molecule has 3 heterocycles. The number of aryl methyl sites for hydroxylation is 2. The third-order valence-corrected chi connectivity index (χ3v) is 8.97. The van der Waals surface area contributed by atoms with Crippen LogP contribution in [0.15, 0.2) is 113 Å². The van der Waals surface area contributed by atoms with E-state index in [9.17, 15) is 10.1 Å². The zero-order chi connectivity index (χ0) is 29.4. The lowest BCUT2D eigenvalue weighted by Gasteiger charge is -2.28. The Morgan fingerprint density at radius 1 is 0.905 bits per heavy atom. The highest BCUT2D eigenvalue weighted by Crippen LogP contribution is 2.44. The number of hydrogen-bond donors (Lipinski definition) is 1. The summed E-state index contributed by atoms with van der Waals surface area (Å²) in [4.78, 5) is 19.5. The predicted molar refractivity (Wildman–Crippen MR) is 172 cm³/mol. The van der Waals surface area contributed by atoms with Crippen molar-refractivity contribution in [3.63, 3.8) is 0 Å². The first-order chi connectivity index (χ1) is 20.3. The van der Waals surface area contributed by atoms with E-state index >= 15 is 0 Å². The molecule has 42 heavy (non-hydrogen) atoms. The first-order valence-electron chi connectivity index (χ1n) is 13.6. The normalized spacial score (nSPS) is 16.5. The average molecular weight is 592 g/mol. The fraction of sp³-hybridized carbons (Fsp3) is 0.152. The Bertz CT molecular complexity index is 1770. The lowest BCUT2D eigenvalue weighted by molar-refractivity contribution is -0.384. The maximum atomic E-state index is 11.0. The second kappa shape index (κ2) is 11.4. The van der Waals surface area contributed by atoms with Crippen LogP contribution in [0.25, 0.3) is 5.69 Å². The van der Waals surface area contributed by atoms with E-state index in [1.807, 2.05) is 24.4 Å². The molecule has 0 bridgehead atoms. The number of para-hydroxylation sites is 1. The van der Waals surface area contributed by atoms with Crippen molar-refractivity contribution in [3.8, 4) is 5.69 Å². The first-order valence-corrected chi connectivity index (χ1v) is 14.8. The minimum absolute atomic E-state index is 0.0834. The van der Waals surface area contributed by atoms with Crippen LogP contribution in [0.2, 0.25) is 0 Å². The largest absolute Gasteiger partial charge is 0.351 e. The van der Waals surface area contributed by atoms with Gasteiger partial charge in [0.1, 0.15) is 0 Å². The number of rotatable bonds is 7. The van der Waals surface area contributed by atoms with Crippen LogP contribution in [0.3, 0.4) is 0 Å². The molecule has 1 aliphatic heterocycles. The van der Waals surface area contributed by atoms with Crippen LogP contribution in [0, 0.1) is 30.9 Å². The number of anilines is 1. The fourth-order valence-electron chi connectivity index (χ4n) is 5.67. The van der Waals surface area contributed by atoms with E-state index < -0.39 is 0 Å². The van der Waals surface area contributed by atoms with Crippen molar-refractivity contribution in [2.45, 2.75) is 42.6 Å². The van der Waals surface area contributed by atoms with Gasteiger partial charge in [0.25, 0.3) is 5.69 Å². The summed E-state index contributed by atoms with van der Waals surface area (Å²) in [5, 5.41) is 15.2. The highest BCUT2D eigenvalue weighted by molar-refractivity contribution is 7.99. The van der Waals surface area contributed by atoms with E-state index in [1.54, 1.807) is 23.9 Å². The molecular weight excluding hydrogens is 563 g/mol. The summed E-state index contributed by atoms with van der Waals surface area (Å²) < 4.78 is 2.32. The second-order valence-corrected chi connectivity index (χ2v) is 11.8. The predicted octanol–water partition coefficient (Wildman–Crippen LogP) is 8.03. The average Bonchev–Trinajstić information content (AvgIpc) is 3.49. The van der Waals surface area contributed by atoms with E-state index in [1.165, 1.54) is 28.9 Å². The summed E-state index contributed by atoms with van der Waals surface area (Å²) >= 11 is 7.52. The van der Waals surface area contributed by atoms with Gasteiger partial charge < -0.3 is 14.8 Å². The topological polar surface area (TPSA) is 76.2 Å². The van der Waals surface area contributed by atoms with Crippen molar-refractivity contribution in [3.05, 3.63) is 142 Å². The van der Waals surface area contributed by atoms with E-state index in [4.69, 9.17) is 17.2 Å². The summed E-state index contributed by atoms with van der Waals surface area (Å²) in [5.74, 6) is 0. The molecule has 0 amide bonds. The molecule has 1 aliphatic rings. The Balaban J connectivity index is 1.38. The van der Waals surface area contributed by atoms with Gasteiger partial charge in [-0.15, -0.1) is 0 Å². The summed E-state index contributed by atoms with van der Waals surface area (Å²) in [6.45, 7) is 6.46. The van der Waals surface area contributed by atoms with Crippen molar-refractivity contribution in [2.24, 2.45) is 0 Å². The summed E-state index contributed by atoms with van der Waals surface area (Å²) in [6, 6.07) is 31.3. The molecule has 1 N–H and O–H groups in total. The van der Waals surface area contributed by atoms with Crippen LogP contribution in [-0.4, -0.2) is 19.6 Å². The molecule has 0 aliphatic carbocycles. The van der Waals surface area contributed by atoms with Crippen molar-refractivity contribution < 1.29 is 4.92 Å². The number of nitro benzene ring substituents is 1. The summed E-state index contributed by atoms with van der Waals surface area (Å²) in [7, 11) is 0. The van der Waals surface area contributed by atoms with Gasteiger partial charge in [-0.1, -0.05) is 36.0 Å². The minimum Gasteiger partial charge on any atom is -0.351 e. The maximum Gasteiger partial charge on any atom is 0.269 e. The van der Waals surface area contributed by atoms with Crippen molar-refractivity contribution in [1.82, 2.24) is 14.9 Å². The van der Waals surface area contributed by atoms with E-state index in [2.05, 4.69) is 90.2 Å². The zero-order valence-electron chi connectivity index (χ0n) is 23.4. The highest BCUT2D eigenvalue weighted by atomic mass is 32.2. The van der Waals surface area contributed by atoms with Crippen molar-refractivity contribution >= 4 is 40.5 Å². The Morgan fingerprint density at radius 2 is 1.57 bits per heavy atom. The standard InChI is InChI=1S/C33H29N5O2S2/c1-21-8-4-5-10-30(21)36-22(2)20-28(23(36)3)32-31(29-9-6-7-19-34-29)35-33(41)37(32)24-11-15-26(16-12-24)42-27-17-13-25(14-18-27)38(39)40/h4-20,31-32H,1-3H3,(H,35,41). The van der Waals surface area contributed by atoms with Crippen molar-refractivity contribution in [2.75, 3.05) is 4.90 Å². The first kappa shape index (κ1) is 27.7. The van der Waals surface area contributed by atoms with Gasteiger partial charge in [-0.05, 0) is 105 Å². The molecule has 6 rings (SSSR count). The van der Waals surface area contributed by atoms with Gasteiger partial charge in [-0.3, -0.25) is 15.1 Å². The molecule has 7 nitrogen and oxygen atoms in total. The maximum absolute atomic E-state index is 11.0. The van der Waals surface area contributed by atoms with Gasteiger partial charge in [-0.2, -0.15) is 0 Å². The van der Waals surface area contributed by atoms with E-state index in [-0.39, 0.29) is 22.7 Å². The van der Waals surface area contributed by atoms with Crippen LogP contribution in [0.4, 0.5) is 11.4 Å². The number of nitrogens with one attached hydrogen (secondary N) is 1. The number of nitrogens with zero attached hydrogens (tertiary/aromatic N) is 4. The van der Waals surface area contributed by atoms with Gasteiger partial charge >= 0.3 is 0 Å². The number of pyridine rings is 1. The molecule has 210 valence electrons. The molecule has 3 aromatic carbocycles. The molecule has 0 radical (unpaired) electrons. The Kier molecular flexibility index (Phi) is 7.53. The molecule has 2 atom stereocenters. The quantitative estimate of drug-likeness (QED) is 0.117. The highest BCUT2D eigenvalue weighted by Gasteiger charge is 2.42. The number of hydrogen-bond acceptors (Lipinski definition) is 5. The minimum atomic E-state index is -0.386. The number of aromatic nitrogens is 2. The molecule has 2 unspecified atom stereocenters. The van der Waals surface area contributed by atoms with Gasteiger partial charge in [-0.25, -0.2) is 0 Å². The molecule has 1 saturated heterocycles. The second-order valence-electron chi connectivity index (χ2n) is 10.3. The number of non-ortho nitro benzene ring substituents is 1. The van der Waals surface area contributed by atoms with Crippen LogP contribution in [-0.2, 0) is 0 Å². The van der Waals surface area contributed by atoms with Gasteiger partial charge in [0.15, 0.2) is 5.11 Å². The Labute approximate surface area is 254 Å². The third kappa shape index (κ3) is 5.17. The number of nitro groups is 1. The van der Waals surface area contributed by atoms with Crippen LogP contribution in [0.5, 0.6) is 0 Å². The molecule has 5 aromatic rings. The van der Waals surface area contributed by atoms with Crippen LogP contribution >= 0.6 is 24.0 Å². The summed E-state index contributed by atoms with van der Waals surface area (Å²) in [5.41, 5.74) is 7.87. The molecular formula is C33H29N5O2S2. The lowest BCUT2D eigenvalue weighted by atomic mass is 9.96. The van der Waals surface area contributed by atoms with E-state index in [0.717, 1.165) is 32.6 Å². The number of thiocarbonyl (C=S) groups is 1. The van der Waals surface area contributed by atoms with Crippen LogP contribution < -0.4 is 10.2 Å². The molecule has 0 spiro atoms. The van der Waals surface area contributed by atoms with Gasteiger partial charge in [0.05, 0.1) is 22.7 Å². The van der Waals surface area contributed by atoms with Gasteiger partial charge in [0.2, 0.25) is 0 Å². The molecule has 2 aromatic heterocycles. The monoisotopic (exact) mass is 591 g/mol. The smallest absolute Gasteiger partial charge is 0.269 e. The van der Waals surface area contributed by atoms with E-state index in [0.29, 0.717) is 5.11 Å².